The first-order valence-corrected chi connectivity index (χ1v) is 6.81. The minimum atomic E-state index is 0.614. The van der Waals surface area contributed by atoms with Gasteiger partial charge in [0.2, 0.25) is 0 Å². The lowest BCUT2D eigenvalue weighted by Crippen LogP contribution is -2.13. The number of benzene rings is 1. The van der Waals surface area contributed by atoms with Crippen molar-refractivity contribution in [3.63, 3.8) is 0 Å². The third-order valence-electron chi connectivity index (χ3n) is 2.71. The summed E-state index contributed by atoms with van der Waals surface area (Å²) in [6.45, 7) is 5.88. The van der Waals surface area contributed by atoms with Gasteiger partial charge in [-0.3, -0.25) is 4.99 Å². The molecule has 0 aromatic heterocycles. The molecule has 0 spiro atoms. The van der Waals surface area contributed by atoms with Crippen molar-refractivity contribution in [2.45, 2.75) is 39.5 Å². The smallest absolute Gasteiger partial charge is 0.125 e. The second kappa shape index (κ2) is 8.56. The highest BCUT2D eigenvalue weighted by molar-refractivity contribution is 5.97. The summed E-state index contributed by atoms with van der Waals surface area (Å²) in [5.41, 5.74) is 6.88. The quantitative estimate of drug-likeness (QED) is 0.435. The van der Waals surface area contributed by atoms with Crippen molar-refractivity contribution in [1.82, 2.24) is 0 Å². The number of ether oxygens (including phenoxy) is 1. The summed E-state index contributed by atoms with van der Waals surface area (Å²) in [6.07, 6.45) is 4.46. The molecular formula is C15H24N2O. The van der Waals surface area contributed by atoms with Crippen molar-refractivity contribution >= 4 is 5.84 Å². The third kappa shape index (κ3) is 5.21. The summed E-state index contributed by atoms with van der Waals surface area (Å²) in [7, 11) is 0. The summed E-state index contributed by atoms with van der Waals surface area (Å²) in [5.74, 6) is 1.51. The summed E-state index contributed by atoms with van der Waals surface area (Å²) < 4.78 is 5.60. The topological polar surface area (TPSA) is 47.6 Å². The van der Waals surface area contributed by atoms with Gasteiger partial charge in [0.05, 0.1) is 6.61 Å². The van der Waals surface area contributed by atoms with Gasteiger partial charge in [-0.1, -0.05) is 26.7 Å². The van der Waals surface area contributed by atoms with Gasteiger partial charge in [0, 0.05) is 12.1 Å². The largest absolute Gasteiger partial charge is 0.494 e. The minimum Gasteiger partial charge on any atom is -0.494 e. The summed E-state index contributed by atoms with van der Waals surface area (Å²) in [5, 5.41) is 0. The van der Waals surface area contributed by atoms with Crippen molar-refractivity contribution in [2.24, 2.45) is 10.7 Å². The van der Waals surface area contributed by atoms with Crippen LogP contribution in [0.1, 0.15) is 45.1 Å². The third-order valence-corrected chi connectivity index (χ3v) is 2.71. The summed E-state index contributed by atoms with van der Waals surface area (Å²) in [4.78, 5) is 4.34. The number of amidine groups is 1. The first kappa shape index (κ1) is 14.6. The van der Waals surface area contributed by atoms with Gasteiger partial charge in [0.15, 0.2) is 0 Å². The Morgan fingerprint density at radius 3 is 2.39 bits per heavy atom. The van der Waals surface area contributed by atoms with Crippen LogP contribution in [-0.4, -0.2) is 19.0 Å². The van der Waals surface area contributed by atoms with Crippen LogP contribution in [0.25, 0.3) is 0 Å². The molecule has 0 unspecified atom stereocenters. The number of unbranched alkanes of at least 4 members (excludes halogenated alkanes) is 2. The van der Waals surface area contributed by atoms with Crippen molar-refractivity contribution in [3.05, 3.63) is 29.8 Å². The van der Waals surface area contributed by atoms with Crippen molar-refractivity contribution in [2.75, 3.05) is 13.2 Å². The lowest BCUT2D eigenvalue weighted by Gasteiger charge is -2.06. The van der Waals surface area contributed by atoms with E-state index in [9.17, 15) is 0 Å². The molecule has 0 fully saturated rings. The van der Waals surface area contributed by atoms with Crippen LogP contribution in [0.5, 0.6) is 5.75 Å². The number of aliphatic imine (C=N–C) groups is 1. The highest BCUT2D eigenvalue weighted by Gasteiger charge is 1.99. The molecule has 0 heterocycles. The van der Waals surface area contributed by atoms with Gasteiger partial charge in [0.25, 0.3) is 0 Å². The van der Waals surface area contributed by atoms with E-state index in [-0.39, 0.29) is 0 Å². The SMILES string of the molecule is CCCCN=C(N)c1ccc(OCCCC)cc1. The molecule has 0 amide bonds. The number of hydrogen-bond acceptors (Lipinski definition) is 2. The minimum absolute atomic E-state index is 0.614. The van der Waals surface area contributed by atoms with Crippen LogP contribution in [0.4, 0.5) is 0 Å². The zero-order valence-corrected chi connectivity index (χ0v) is 11.5. The van der Waals surface area contributed by atoms with Crippen molar-refractivity contribution in [1.29, 1.82) is 0 Å². The number of nitrogens with zero attached hydrogens (tertiary/aromatic N) is 1. The lowest BCUT2D eigenvalue weighted by molar-refractivity contribution is 0.309. The predicted octanol–water partition coefficient (Wildman–Crippen LogP) is 3.37. The van der Waals surface area contributed by atoms with E-state index in [2.05, 4.69) is 18.8 Å². The monoisotopic (exact) mass is 248 g/mol. The van der Waals surface area contributed by atoms with Crippen LogP contribution < -0.4 is 10.5 Å². The van der Waals surface area contributed by atoms with Gasteiger partial charge < -0.3 is 10.5 Å². The first-order valence-electron chi connectivity index (χ1n) is 6.81. The van der Waals surface area contributed by atoms with Crippen LogP contribution in [0.2, 0.25) is 0 Å². The molecule has 100 valence electrons. The highest BCUT2D eigenvalue weighted by Crippen LogP contribution is 2.12. The molecule has 3 heteroatoms. The van der Waals surface area contributed by atoms with E-state index < -0.39 is 0 Å². The fourth-order valence-corrected chi connectivity index (χ4v) is 1.51. The lowest BCUT2D eigenvalue weighted by atomic mass is 10.2. The Hall–Kier alpha value is -1.51. The number of hydrogen-bond donors (Lipinski definition) is 1. The van der Waals surface area contributed by atoms with E-state index in [1.165, 1.54) is 0 Å². The Morgan fingerprint density at radius 1 is 1.11 bits per heavy atom. The molecule has 1 aromatic carbocycles. The molecule has 0 radical (unpaired) electrons. The van der Waals surface area contributed by atoms with E-state index in [0.29, 0.717) is 5.84 Å². The molecule has 2 N–H and O–H groups in total. The van der Waals surface area contributed by atoms with Crippen molar-refractivity contribution in [3.8, 4) is 5.75 Å². The molecule has 1 aromatic rings. The fraction of sp³-hybridized carbons (Fsp3) is 0.533. The van der Waals surface area contributed by atoms with Crippen LogP contribution in [0.3, 0.4) is 0 Å². The average Bonchev–Trinajstić information content (AvgIpc) is 2.40. The second-order valence-electron chi connectivity index (χ2n) is 4.35. The Kier molecular flexibility index (Phi) is 6.92. The second-order valence-corrected chi connectivity index (χ2v) is 4.35. The number of nitrogens with two attached hydrogens (primary N) is 1. The molecule has 0 aliphatic carbocycles. The van der Waals surface area contributed by atoms with Crippen LogP contribution in [0.15, 0.2) is 29.3 Å². The van der Waals surface area contributed by atoms with Crippen molar-refractivity contribution < 1.29 is 4.74 Å². The molecule has 3 nitrogen and oxygen atoms in total. The maximum absolute atomic E-state index is 5.92. The Morgan fingerprint density at radius 2 is 1.78 bits per heavy atom. The van der Waals surface area contributed by atoms with Crippen LogP contribution in [0, 0.1) is 0 Å². The zero-order chi connectivity index (χ0) is 13.2. The van der Waals surface area contributed by atoms with Crippen LogP contribution in [-0.2, 0) is 0 Å². The highest BCUT2D eigenvalue weighted by atomic mass is 16.5. The average molecular weight is 248 g/mol. The maximum Gasteiger partial charge on any atom is 0.125 e. The fourth-order valence-electron chi connectivity index (χ4n) is 1.51. The molecule has 1 rings (SSSR count). The predicted molar refractivity (Wildman–Crippen MR) is 77.3 cm³/mol. The molecule has 0 aliphatic heterocycles. The van der Waals surface area contributed by atoms with E-state index in [0.717, 1.165) is 50.1 Å². The normalized spacial score (nSPS) is 11.6. The van der Waals surface area contributed by atoms with E-state index in [4.69, 9.17) is 10.5 Å². The van der Waals surface area contributed by atoms with E-state index >= 15 is 0 Å². The van der Waals surface area contributed by atoms with E-state index in [1.807, 2.05) is 24.3 Å². The van der Waals surface area contributed by atoms with Gasteiger partial charge in [-0.2, -0.15) is 0 Å². The van der Waals surface area contributed by atoms with E-state index in [1.54, 1.807) is 0 Å². The Bertz CT molecular complexity index is 357. The summed E-state index contributed by atoms with van der Waals surface area (Å²) >= 11 is 0. The first-order chi connectivity index (χ1) is 8.77. The number of rotatable bonds is 8. The molecular weight excluding hydrogens is 224 g/mol. The molecule has 0 saturated heterocycles. The summed E-state index contributed by atoms with van der Waals surface area (Å²) in [6, 6.07) is 7.83. The molecule has 0 bridgehead atoms. The van der Waals surface area contributed by atoms with Crippen LogP contribution >= 0.6 is 0 Å². The Balaban J connectivity index is 2.50. The zero-order valence-electron chi connectivity index (χ0n) is 11.5. The standard InChI is InChI=1S/C15H24N2O/c1-3-5-11-17-15(16)13-7-9-14(10-8-13)18-12-6-4-2/h7-10H,3-6,11-12H2,1-2H3,(H2,16,17). The van der Waals surface area contributed by atoms with Gasteiger partial charge >= 0.3 is 0 Å². The molecule has 0 saturated carbocycles. The van der Waals surface area contributed by atoms with Gasteiger partial charge in [-0.25, -0.2) is 0 Å². The molecule has 0 aliphatic rings. The Labute approximate surface area is 110 Å². The molecule has 0 atom stereocenters. The van der Waals surface area contributed by atoms with Gasteiger partial charge in [-0.15, -0.1) is 0 Å². The van der Waals surface area contributed by atoms with Gasteiger partial charge in [0.1, 0.15) is 11.6 Å². The maximum atomic E-state index is 5.92. The molecule has 18 heavy (non-hydrogen) atoms. The van der Waals surface area contributed by atoms with Gasteiger partial charge in [-0.05, 0) is 37.1 Å².